The van der Waals surface area contributed by atoms with Crippen molar-refractivity contribution in [2.75, 3.05) is 31.6 Å². The molecule has 2 heterocycles. The van der Waals surface area contributed by atoms with Crippen LogP contribution in [-0.4, -0.2) is 43.2 Å². The molecule has 1 aromatic rings. The quantitative estimate of drug-likeness (QED) is 0.855. The van der Waals surface area contributed by atoms with Gasteiger partial charge in [0.2, 0.25) is 0 Å². The number of hydrogen-bond donors (Lipinski definition) is 1. The largest absolute Gasteiger partial charge is 0.368 e. The summed E-state index contributed by atoms with van der Waals surface area (Å²) in [5.74, 6) is 1.61. The van der Waals surface area contributed by atoms with E-state index in [1.807, 2.05) is 12.1 Å². The lowest BCUT2D eigenvalue weighted by molar-refractivity contribution is -0.124. The van der Waals surface area contributed by atoms with Gasteiger partial charge in [-0.3, -0.25) is 4.79 Å². The number of hydrogen-bond acceptors (Lipinski definition) is 3. The summed E-state index contributed by atoms with van der Waals surface area (Å²) in [5.41, 5.74) is 2.23. The summed E-state index contributed by atoms with van der Waals surface area (Å²) in [7, 11) is 0. The van der Waals surface area contributed by atoms with Gasteiger partial charge in [-0.25, -0.2) is 0 Å². The van der Waals surface area contributed by atoms with Crippen LogP contribution in [0.5, 0.6) is 0 Å². The zero-order valence-corrected chi connectivity index (χ0v) is 15.7. The molecule has 3 atom stereocenters. The van der Waals surface area contributed by atoms with Gasteiger partial charge in [0.05, 0.1) is 0 Å². The van der Waals surface area contributed by atoms with Crippen molar-refractivity contribution in [3.63, 3.8) is 0 Å². The standard InChI is InChI=1S/C21H32N2O2/c1-3-23-13-12-18(16(2)15-23)9-6-17-7-10-19(11-8-17)22-21(24)20-5-4-14-25-20/h7-8,10-11,16,18,20H,3-6,9,12-15H2,1-2H3,(H,22,24). The van der Waals surface area contributed by atoms with Crippen LogP contribution in [0.25, 0.3) is 0 Å². The van der Waals surface area contributed by atoms with Crippen LogP contribution in [0.15, 0.2) is 24.3 Å². The highest BCUT2D eigenvalue weighted by molar-refractivity contribution is 5.94. The first-order valence-electron chi connectivity index (χ1n) is 9.89. The van der Waals surface area contributed by atoms with Gasteiger partial charge in [0.15, 0.2) is 0 Å². The molecule has 0 radical (unpaired) electrons. The Morgan fingerprint density at radius 2 is 2.08 bits per heavy atom. The number of anilines is 1. The number of rotatable bonds is 6. The molecule has 3 unspecified atom stereocenters. The van der Waals surface area contributed by atoms with Gasteiger partial charge in [-0.2, -0.15) is 0 Å². The van der Waals surface area contributed by atoms with Crippen molar-refractivity contribution in [2.24, 2.45) is 11.8 Å². The van der Waals surface area contributed by atoms with E-state index in [0.29, 0.717) is 6.61 Å². The molecule has 0 bridgehead atoms. The molecule has 2 aliphatic rings. The molecule has 4 nitrogen and oxygen atoms in total. The zero-order chi connectivity index (χ0) is 17.6. The monoisotopic (exact) mass is 344 g/mol. The van der Waals surface area contributed by atoms with Crippen molar-refractivity contribution < 1.29 is 9.53 Å². The Hall–Kier alpha value is -1.39. The number of carbonyl (C=O) groups excluding carboxylic acids is 1. The van der Waals surface area contributed by atoms with E-state index in [-0.39, 0.29) is 12.0 Å². The normalized spacial score (nSPS) is 27.4. The summed E-state index contributed by atoms with van der Waals surface area (Å²) in [5, 5.41) is 2.97. The lowest BCUT2D eigenvalue weighted by Gasteiger charge is -2.36. The minimum atomic E-state index is -0.268. The van der Waals surface area contributed by atoms with Gasteiger partial charge in [-0.05, 0) is 74.7 Å². The molecule has 0 saturated carbocycles. The molecule has 25 heavy (non-hydrogen) atoms. The summed E-state index contributed by atoms with van der Waals surface area (Å²) in [6.45, 7) is 9.03. The summed E-state index contributed by atoms with van der Waals surface area (Å²) >= 11 is 0. The first-order chi connectivity index (χ1) is 12.2. The summed E-state index contributed by atoms with van der Waals surface area (Å²) in [4.78, 5) is 14.6. The average molecular weight is 344 g/mol. The molecular weight excluding hydrogens is 312 g/mol. The number of ether oxygens (including phenoxy) is 1. The Labute approximate surface area is 151 Å². The second-order valence-corrected chi connectivity index (χ2v) is 7.65. The highest BCUT2D eigenvalue weighted by Crippen LogP contribution is 2.27. The molecule has 1 aromatic carbocycles. The molecule has 0 spiro atoms. The van der Waals surface area contributed by atoms with E-state index in [9.17, 15) is 4.79 Å². The minimum Gasteiger partial charge on any atom is -0.368 e. The van der Waals surface area contributed by atoms with Gasteiger partial charge < -0.3 is 15.0 Å². The van der Waals surface area contributed by atoms with Crippen molar-refractivity contribution in [3.8, 4) is 0 Å². The SMILES string of the molecule is CCN1CCC(CCc2ccc(NC(=O)C3CCCO3)cc2)C(C)C1. The van der Waals surface area contributed by atoms with Crippen LogP contribution >= 0.6 is 0 Å². The number of amides is 1. The van der Waals surface area contributed by atoms with E-state index in [1.165, 1.54) is 38.0 Å². The van der Waals surface area contributed by atoms with Crippen LogP contribution in [0.1, 0.15) is 45.1 Å². The molecule has 1 amide bonds. The van der Waals surface area contributed by atoms with E-state index in [0.717, 1.165) is 36.8 Å². The molecule has 0 aliphatic carbocycles. The van der Waals surface area contributed by atoms with Gasteiger partial charge >= 0.3 is 0 Å². The molecule has 2 saturated heterocycles. The van der Waals surface area contributed by atoms with Crippen molar-refractivity contribution in [3.05, 3.63) is 29.8 Å². The predicted octanol–water partition coefficient (Wildman–Crippen LogP) is 3.71. The maximum atomic E-state index is 12.1. The Balaban J connectivity index is 1.45. The number of likely N-dealkylation sites (tertiary alicyclic amines) is 1. The number of nitrogens with zero attached hydrogens (tertiary/aromatic N) is 1. The van der Waals surface area contributed by atoms with Crippen LogP contribution in [0.2, 0.25) is 0 Å². The Morgan fingerprint density at radius 1 is 1.28 bits per heavy atom. The fourth-order valence-corrected chi connectivity index (χ4v) is 4.11. The lowest BCUT2D eigenvalue weighted by atomic mass is 9.83. The molecule has 1 N–H and O–H groups in total. The third-order valence-electron chi connectivity index (χ3n) is 5.86. The summed E-state index contributed by atoms with van der Waals surface area (Å²) in [6, 6.07) is 8.34. The molecule has 2 aliphatic heterocycles. The number of carbonyl (C=O) groups is 1. The van der Waals surface area contributed by atoms with Crippen LogP contribution < -0.4 is 5.32 Å². The first-order valence-corrected chi connectivity index (χ1v) is 9.89. The van der Waals surface area contributed by atoms with Crippen molar-refractivity contribution in [2.45, 2.75) is 52.1 Å². The number of aryl methyl sites for hydroxylation is 1. The van der Waals surface area contributed by atoms with Crippen molar-refractivity contribution in [1.82, 2.24) is 4.90 Å². The summed E-state index contributed by atoms with van der Waals surface area (Å²) in [6.07, 6.45) is 5.26. The molecule has 4 heteroatoms. The van der Waals surface area contributed by atoms with Gasteiger partial charge in [-0.1, -0.05) is 26.0 Å². The second kappa shape index (κ2) is 8.81. The zero-order valence-electron chi connectivity index (χ0n) is 15.7. The lowest BCUT2D eigenvalue weighted by Crippen LogP contribution is -2.39. The fourth-order valence-electron chi connectivity index (χ4n) is 4.11. The molecule has 3 rings (SSSR count). The third-order valence-corrected chi connectivity index (χ3v) is 5.86. The molecule has 138 valence electrons. The number of nitrogens with one attached hydrogen (secondary N) is 1. The van der Waals surface area contributed by atoms with E-state index in [4.69, 9.17) is 4.74 Å². The van der Waals surface area contributed by atoms with E-state index in [2.05, 4.69) is 36.2 Å². The van der Waals surface area contributed by atoms with Gasteiger partial charge in [0, 0.05) is 18.8 Å². The van der Waals surface area contributed by atoms with Crippen LogP contribution in [-0.2, 0) is 16.0 Å². The van der Waals surface area contributed by atoms with E-state index < -0.39 is 0 Å². The fraction of sp³-hybridized carbons (Fsp3) is 0.667. The van der Waals surface area contributed by atoms with Gasteiger partial charge in [0.25, 0.3) is 5.91 Å². The molecule has 0 aromatic heterocycles. The minimum absolute atomic E-state index is 0.0123. The van der Waals surface area contributed by atoms with Gasteiger partial charge in [0.1, 0.15) is 6.10 Å². The average Bonchev–Trinajstić information content (AvgIpc) is 3.16. The van der Waals surface area contributed by atoms with Gasteiger partial charge in [-0.15, -0.1) is 0 Å². The Morgan fingerprint density at radius 3 is 2.72 bits per heavy atom. The molecule has 2 fully saturated rings. The Kier molecular flexibility index (Phi) is 6.49. The first kappa shape index (κ1) is 18.4. The van der Waals surface area contributed by atoms with Crippen LogP contribution in [0.4, 0.5) is 5.69 Å². The maximum absolute atomic E-state index is 12.1. The maximum Gasteiger partial charge on any atom is 0.253 e. The van der Waals surface area contributed by atoms with Crippen LogP contribution in [0.3, 0.4) is 0 Å². The highest BCUT2D eigenvalue weighted by atomic mass is 16.5. The Bertz CT molecular complexity index is 552. The predicted molar refractivity (Wildman–Crippen MR) is 102 cm³/mol. The van der Waals surface area contributed by atoms with Crippen LogP contribution in [0, 0.1) is 11.8 Å². The molecular formula is C21H32N2O2. The highest BCUT2D eigenvalue weighted by Gasteiger charge is 2.25. The topological polar surface area (TPSA) is 41.6 Å². The summed E-state index contributed by atoms with van der Waals surface area (Å²) < 4.78 is 5.43. The van der Waals surface area contributed by atoms with E-state index >= 15 is 0 Å². The second-order valence-electron chi connectivity index (χ2n) is 7.65. The van der Waals surface area contributed by atoms with Crippen molar-refractivity contribution in [1.29, 1.82) is 0 Å². The number of piperidine rings is 1. The van der Waals surface area contributed by atoms with Crippen molar-refractivity contribution >= 4 is 11.6 Å². The van der Waals surface area contributed by atoms with E-state index in [1.54, 1.807) is 0 Å². The smallest absolute Gasteiger partial charge is 0.253 e. The number of benzene rings is 1. The third kappa shape index (κ3) is 5.05.